The molecule has 1 saturated heterocycles. The molecule has 134 valence electrons. The van der Waals surface area contributed by atoms with Gasteiger partial charge >= 0.3 is 6.09 Å². The second kappa shape index (κ2) is 8.85. The first kappa shape index (κ1) is 18.5. The summed E-state index contributed by atoms with van der Waals surface area (Å²) in [4.78, 5) is 11.6. The summed E-state index contributed by atoms with van der Waals surface area (Å²) in [6, 6.07) is 0.728. The molecule has 0 radical (unpaired) electrons. The van der Waals surface area contributed by atoms with Crippen molar-refractivity contribution in [2.24, 2.45) is 0 Å². The van der Waals surface area contributed by atoms with E-state index in [-0.39, 0.29) is 12.1 Å². The number of rotatable bonds is 8. The van der Waals surface area contributed by atoms with E-state index < -0.39 is 5.60 Å². The molecular formula is C17H32N2O4. The zero-order valence-corrected chi connectivity index (χ0v) is 14.7. The van der Waals surface area contributed by atoms with Crippen molar-refractivity contribution in [2.45, 2.75) is 76.7 Å². The summed E-state index contributed by atoms with van der Waals surface area (Å²) in [5, 5.41) is 6.40. The molecule has 1 saturated carbocycles. The summed E-state index contributed by atoms with van der Waals surface area (Å²) >= 11 is 0. The van der Waals surface area contributed by atoms with Crippen molar-refractivity contribution in [3.05, 3.63) is 0 Å². The number of amides is 1. The molecule has 1 aliphatic heterocycles. The maximum absolute atomic E-state index is 11.6. The summed E-state index contributed by atoms with van der Waals surface area (Å²) in [5.74, 6) is 0. The van der Waals surface area contributed by atoms with Crippen molar-refractivity contribution in [2.75, 3.05) is 26.4 Å². The Morgan fingerprint density at radius 2 is 2.04 bits per heavy atom. The minimum absolute atomic E-state index is 0.234. The first-order chi connectivity index (χ1) is 10.9. The van der Waals surface area contributed by atoms with Crippen LogP contribution in [-0.4, -0.2) is 56.2 Å². The highest BCUT2D eigenvalue weighted by Crippen LogP contribution is 2.20. The van der Waals surface area contributed by atoms with E-state index in [2.05, 4.69) is 10.6 Å². The minimum atomic E-state index is -0.435. The first-order valence-corrected chi connectivity index (χ1v) is 8.84. The second-order valence-corrected chi connectivity index (χ2v) is 7.53. The van der Waals surface area contributed by atoms with Gasteiger partial charge in [-0.25, -0.2) is 4.79 Å². The van der Waals surface area contributed by atoms with Crippen LogP contribution < -0.4 is 10.6 Å². The molecule has 1 amide bonds. The maximum Gasteiger partial charge on any atom is 0.407 e. The van der Waals surface area contributed by atoms with Gasteiger partial charge in [-0.1, -0.05) is 0 Å². The van der Waals surface area contributed by atoms with Crippen LogP contribution in [-0.2, 0) is 14.2 Å². The van der Waals surface area contributed by atoms with E-state index in [0.717, 1.165) is 58.5 Å². The maximum atomic E-state index is 11.6. The fourth-order valence-corrected chi connectivity index (χ4v) is 2.85. The molecule has 0 aromatic carbocycles. The van der Waals surface area contributed by atoms with E-state index in [4.69, 9.17) is 14.2 Å². The van der Waals surface area contributed by atoms with Crippen LogP contribution in [0.1, 0.15) is 52.9 Å². The average molecular weight is 328 g/mol. The van der Waals surface area contributed by atoms with Crippen LogP contribution >= 0.6 is 0 Å². The molecule has 6 heteroatoms. The third-order valence-electron chi connectivity index (χ3n) is 4.09. The van der Waals surface area contributed by atoms with Gasteiger partial charge in [-0.2, -0.15) is 0 Å². The second-order valence-electron chi connectivity index (χ2n) is 7.53. The highest BCUT2D eigenvalue weighted by Gasteiger charge is 2.31. The van der Waals surface area contributed by atoms with E-state index in [9.17, 15) is 4.79 Å². The molecule has 1 heterocycles. The Balaban J connectivity index is 1.40. The standard InChI is InChI=1S/C17H32N2O4/c1-17(2,3)23-16(20)19-14-10-13(11-14)18-7-5-8-21-12-15-6-4-9-22-15/h13-15,18H,4-12H2,1-3H3,(H,19,20). The predicted molar refractivity (Wildman–Crippen MR) is 88.6 cm³/mol. The predicted octanol–water partition coefficient (Wildman–Crippen LogP) is 2.22. The highest BCUT2D eigenvalue weighted by molar-refractivity contribution is 5.68. The number of carbonyl (C=O) groups is 1. The largest absolute Gasteiger partial charge is 0.444 e. The lowest BCUT2D eigenvalue weighted by atomic mass is 9.87. The molecule has 0 aromatic rings. The van der Waals surface area contributed by atoms with Gasteiger partial charge in [0.2, 0.25) is 0 Å². The molecule has 1 atom stereocenters. The van der Waals surface area contributed by atoms with Gasteiger partial charge < -0.3 is 24.8 Å². The van der Waals surface area contributed by atoms with Crippen LogP contribution in [0.4, 0.5) is 4.79 Å². The minimum Gasteiger partial charge on any atom is -0.444 e. The first-order valence-electron chi connectivity index (χ1n) is 8.84. The summed E-state index contributed by atoms with van der Waals surface area (Å²) in [7, 11) is 0. The van der Waals surface area contributed by atoms with Crippen LogP contribution in [0, 0.1) is 0 Å². The highest BCUT2D eigenvalue weighted by atomic mass is 16.6. The van der Waals surface area contributed by atoms with Crippen LogP contribution in [0.3, 0.4) is 0 Å². The Hall–Kier alpha value is -0.850. The Bertz CT molecular complexity index is 358. The molecule has 2 rings (SSSR count). The SMILES string of the molecule is CC(C)(C)OC(=O)NC1CC(NCCCOCC2CCCO2)C1. The Kier molecular flexibility index (Phi) is 7.11. The van der Waals surface area contributed by atoms with Crippen molar-refractivity contribution in [3.63, 3.8) is 0 Å². The molecule has 0 bridgehead atoms. The van der Waals surface area contributed by atoms with E-state index in [1.54, 1.807) is 0 Å². The Morgan fingerprint density at radius 1 is 1.26 bits per heavy atom. The number of carbonyl (C=O) groups excluding carboxylic acids is 1. The van der Waals surface area contributed by atoms with Gasteiger partial charge in [-0.15, -0.1) is 0 Å². The van der Waals surface area contributed by atoms with Crippen molar-refractivity contribution in [1.82, 2.24) is 10.6 Å². The van der Waals surface area contributed by atoms with Crippen molar-refractivity contribution >= 4 is 6.09 Å². The van der Waals surface area contributed by atoms with Gasteiger partial charge in [0.05, 0.1) is 12.7 Å². The van der Waals surface area contributed by atoms with Gasteiger partial charge in [0.25, 0.3) is 0 Å². The van der Waals surface area contributed by atoms with Gasteiger partial charge in [0.15, 0.2) is 0 Å². The monoisotopic (exact) mass is 328 g/mol. The number of hydrogen-bond acceptors (Lipinski definition) is 5. The zero-order valence-electron chi connectivity index (χ0n) is 14.7. The topological polar surface area (TPSA) is 68.8 Å². The number of ether oxygens (including phenoxy) is 3. The number of hydrogen-bond donors (Lipinski definition) is 2. The molecule has 2 aliphatic rings. The van der Waals surface area contributed by atoms with Crippen LogP contribution in [0.2, 0.25) is 0 Å². The third kappa shape index (κ3) is 7.50. The summed E-state index contributed by atoms with van der Waals surface area (Å²) in [6.07, 6.45) is 5.24. The van der Waals surface area contributed by atoms with Crippen molar-refractivity contribution < 1.29 is 19.0 Å². The lowest BCUT2D eigenvalue weighted by molar-refractivity contribution is 0.0162. The molecular weight excluding hydrogens is 296 g/mol. The average Bonchev–Trinajstić information content (AvgIpc) is 2.90. The van der Waals surface area contributed by atoms with E-state index >= 15 is 0 Å². The molecule has 23 heavy (non-hydrogen) atoms. The lowest BCUT2D eigenvalue weighted by Crippen LogP contribution is -2.53. The molecule has 0 aromatic heterocycles. The lowest BCUT2D eigenvalue weighted by Gasteiger charge is -2.36. The molecule has 2 N–H and O–H groups in total. The Morgan fingerprint density at radius 3 is 2.70 bits per heavy atom. The van der Waals surface area contributed by atoms with E-state index in [0.29, 0.717) is 12.1 Å². The third-order valence-corrected chi connectivity index (χ3v) is 4.09. The van der Waals surface area contributed by atoms with Gasteiger partial charge in [0.1, 0.15) is 5.60 Å². The normalized spacial score (nSPS) is 27.5. The molecule has 2 fully saturated rings. The van der Waals surface area contributed by atoms with Crippen LogP contribution in [0.5, 0.6) is 0 Å². The number of nitrogens with one attached hydrogen (secondary N) is 2. The zero-order chi connectivity index (χ0) is 16.7. The van der Waals surface area contributed by atoms with Gasteiger partial charge in [0, 0.05) is 25.3 Å². The summed E-state index contributed by atoms with van der Waals surface area (Å²) < 4.78 is 16.4. The van der Waals surface area contributed by atoms with Crippen LogP contribution in [0.25, 0.3) is 0 Å². The quantitative estimate of drug-likeness (QED) is 0.669. The molecule has 1 aliphatic carbocycles. The molecule has 1 unspecified atom stereocenters. The van der Waals surface area contributed by atoms with Crippen LogP contribution in [0.15, 0.2) is 0 Å². The van der Waals surface area contributed by atoms with E-state index in [1.165, 1.54) is 0 Å². The van der Waals surface area contributed by atoms with Crippen molar-refractivity contribution in [1.29, 1.82) is 0 Å². The summed E-state index contributed by atoms with van der Waals surface area (Å²) in [5.41, 5.74) is -0.435. The smallest absolute Gasteiger partial charge is 0.407 e. The van der Waals surface area contributed by atoms with Gasteiger partial charge in [-0.3, -0.25) is 0 Å². The summed E-state index contributed by atoms with van der Waals surface area (Å²) in [6.45, 7) is 8.96. The van der Waals surface area contributed by atoms with E-state index in [1.807, 2.05) is 20.8 Å². The fourth-order valence-electron chi connectivity index (χ4n) is 2.85. The van der Waals surface area contributed by atoms with Crippen molar-refractivity contribution in [3.8, 4) is 0 Å². The fraction of sp³-hybridized carbons (Fsp3) is 0.941. The molecule has 6 nitrogen and oxygen atoms in total. The number of alkyl carbamates (subject to hydrolysis) is 1. The van der Waals surface area contributed by atoms with Gasteiger partial charge in [-0.05, 0) is 59.4 Å². The molecule has 0 spiro atoms. The Labute approximate surface area is 139 Å².